The fraction of sp³-hybridized carbons (Fsp3) is 0.640. The molecular weight excluding hydrogens is 404 g/mol. The van der Waals surface area contributed by atoms with Gasteiger partial charge in [-0.1, -0.05) is 32.9 Å². The van der Waals surface area contributed by atoms with E-state index in [1.165, 1.54) is 17.5 Å². The highest BCUT2D eigenvalue weighted by atomic mass is 16.2. The number of nitrogens with zero attached hydrogens (tertiary/aromatic N) is 1. The quantitative estimate of drug-likeness (QED) is 0.632. The minimum absolute atomic E-state index is 0.141. The molecule has 1 heterocycles. The largest absolute Gasteiger partial charge is 0.342 e. The maximum absolute atomic E-state index is 13.5. The third kappa shape index (κ3) is 5.31. The smallest absolute Gasteiger partial charge is 0.247 e. The maximum atomic E-state index is 13.5. The van der Waals surface area contributed by atoms with Gasteiger partial charge in [-0.15, -0.1) is 0 Å². The number of anilines is 1. The lowest BCUT2D eigenvalue weighted by molar-refractivity contribution is -0.143. The van der Waals surface area contributed by atoms with Crippen molar-refractivity contribution in [1.82, 2.24) is 15.5 Å². The molecule has 1 saturated heterocycles. The first-order valence-corrected chi connectivity index (χ1v) is 11.8. The molecule has 2 aliphatic rings. The Morgan fingerprint density at radius 1 is 1.09 bits per heavy atom. The molecule has 3 N–H and O–H groups in total. The number of carbonyl (C=O) groups is 3. The van der Waals surface area contributed by atoms with Crippen LogP contribution in [-0.4, -0.2) is 54.3 Å². The minimum Gasteiger partial charge on any atom is -0.342 e. The molecule has 0 saturated carbocycles. The number of hydrogen-bond acceptors (Lipinski definition) is 4. The van der Waals surface area contributed by atoms with Crippen LogP contribution in [0.15, 0.2) is 18.2 Å². The first-order valence-electron chi connectivity index (χ1n) is 11.8. The van der Waals surface area contributed by atoms with E-state index in [1.807, 2.05) is 32.9 Å². The van der Waals surface area contributed by atoms with Crippen molar-refractivity contribution < 1.29 is 14.4 Å². The van der Waals surface area contributed by atoms with Gasteiger partial charge in [-0.2, -0.15) is 0 Å². The lowest BCUT2D eigenvalue weighted by Crippen LogP contribution is -2.59. The monoisotopic (exact) mass is 442 g/mol. The third-order valence-electron chi connectivity index (χ3n) is 6.72. The Morgan fingerprint density at radius 2 is 1.81 bits per heavy atom. The molecule has 3 unspecified atom stereocenters. The van der Waals surface area contributed by atoms with E-state index in [0.29, 0.717) is 13.0 Å². The van der Waals surface area contributed by atoms with Gasteiger partial charge in [0.15, 0.2) is 0 Å². The van der Waals surface area contributed by atoms with Crippen LogP contribution in [0.25, 0.3) is 0 Å². The van der Waals surface area contributed by atoms with Crippen LogP contribution in [0.1, 0.15) is 64.5 Å². The van der Waals surface area contributed by atoms with Crippen molar-refractivity contribution in [2.24, 2.45) is 5.41 Å². The summed E-state index contributed by atoms with van der Waals surface area (Å²) in [6, 6.07) is 4.45. The molecule has 3 atom stereocenters. The zero-order chi connectivity index (χ0) is 23.5. The number of hydrogen-bond donors (Lipinski definition) is 3. The summed E-state index contributed by atoms with van der Waals surface area (Å²) in [5.74, 6) is -0.559. The normalized spacial score (nSPS) is 20.3. The molecule has 0 bridgehead atoms. The molecular formula is C25H38N4O3. The van der Waals surface area contributed by atoms with Crippen LogP contribution in [-0.2, 0) is 27.2 Å². The standard InChI is InChI=1S/C25H38N4O3/c1-16(26-5)22(30)28-21(25(2,3)4)24(32)29-15-9-14-20(29)23(31)27-19-13-8-11-17-10-6-7-12-18(17)19/h8,11,13,16,20-21,26H,6-7,9-10,12,14-15H2,1-5H3,(H,27,31)(H,28,30). The molecule has 32 heavy (non-hydrogen) atoms. The summed E-state index contributed by atoms with van der Waals surface area (Å²) in [5.41, 5.74) is 2.92. The van der Waals surface area contributed by atoms with Crippen LogP contribution in [0, 0.1) is 5.41 Å². The predicted octanol–water partition coefficient (Wildman–Crippen LogP) is 2.63. The Hall–Kier alpha value is -2.41. The highest BCUT2D eigenvalue weighted by Crippen LogP contribution is 2.30. The molecule has 7 nitrogen and oxygen atoms in total. The Bertz CT molecular complexity index is 861. The predicted molar refractivity (Wildman–Crippen MR) is 126 cm³/mol. The number of rotatable bonds is 6. The van der Waals surface area contributed by atoms with Crippen molar-refractivity contribution in [1.29, 1.82) is 0 Å². The molecule has 7 heteroatoms. The zero-order valence-corrected chi connectivity index (χ0v) is 20.1. The minimum atomic E-state index is -0.705. The molecule has 1 aliphatic carbocycles. The maximum Gasteiger partial charge on any atom is 0.247 e. The summed E-state index contributed by atoms with van der Waals surface area (Å²) in [7, 11) is 1.71. The summed E-state index contributed by atoms with van der Waals surface area (Å²) in [4.78, 5) is 41.0. The van der Waals surface area contributed by atoms with Crippen LogP contribution in [0.5, 0.6) is 0 Å². The summed E-state index contributed by atoms with van der Waals surface area (Å²) in [6.07, 6.45) is 5.73. The van der Waals surface area contributed by atoms with Gasteiger partial charge in [0.1, 0.15) is 12.1 Å². The molecule has 176 valence electrons. The number of carbonyl (C=O) groups excluding carboxylic acids is 3. The fourth-order valence-corrected chi connectivity index (χ4v) is 4.63. The van der Waals surface area contributed by atoms with Crippen molar-refractivity contribution >= 4 is 23.4 Å². The number of nitrogens with one attached hydrogen (secondary N) is 3. The van der Waals surface area contributed by atoms with Crippen molar-refractivity contribution in [2.45, 2.75) is 84.3 Å². The molecule has 1 aromatic carbocycles. The van der Waals surface area contributed by atoms with Crippen molar-refractivity contribution in [3.63, 3.8) is 0 Å². The average molecular weight is 443 g/mol. The first kappa shape index (κ1) is 24.2. The summed E-state index contributed by atoms with van der Waals surface area (Å²) in [6.45, 7) is 8.07. The Labute approximate surface area is 191 Å². The summed E-state index contributed by atoms with van der Waals surface area (Å²) < 4.78 is 0. The summed E-state index contributed by atoms with van der Waals surface area (Å²) >= 11 is 0. The lowest BCUT2D eigenvalue weighted by atomic mass is 9.85. The van der Waals surface area contributed by atoms with E-state index in [2.05, 4.69) is 22.0 Å². The van der Waals surface area contributed by atoms with Gasteiger partial charge >= 0.3 is 0 Å². The van der Waals surface area contributed by atoms with Gasteiger partial charge in [0.2, 0.25) is 17.7 Å². The number of likely N-dealkylation sites (N-methyl/N-ethyl adjacent to an activating group) is 1. The number of aryl methyl sites for hydroxylation is 1. The highest BCUT2D eigenvalue weighted by molar-refractivity contribution is 5.99. The van der Waals surface area contributed by atoms with Gasteiger partial charge in [0.25, 0.3) is 0 Å². The second kappa shape index (κ2) is 10.0. The number of amides is 3. The fourth-order valence-electron chi connectivity index (χ4n) is 4.63. The van der Waals surface area contributed by atoms with Gasteiger partial charge in [0, 0.05) is 12.2 Å². The van der Waals surface area contributed by atoms with Crippen molar-refractivity contribution in [3.8, 4) is 0 Å². The van der Waals surface area contributed by atoms with E-state index >= 15 is 0 Å². The van der Waals surface area contributed by atoms with Crippen LogP contribution >= 0.6 is 0 Å². The Morgan fingerprint density at radius 3 is 2.50 bits per heavy atom. The van der Waals surface area contributed by atoms with Gasteiger partial charge in [-0.05, 0) is 75.1 Å². The van der Waals surface area contributed by atoms with Gasteiger partial charge in [-0.3, -0.25) is 14.4 Å². The van der Waals surface area contributed by atoms with Crippen molar-refractivity contribution in [2.75, 3.05) is 18.9 Å². The SMILES string of the molecule is CNC(C)C(=O)NC(C(=O)N1CCCC1C(=O)Nc1cccc2c1CCCC2)C(C)(C)C. The van der Waals surface area contributed by atoms with Crippen LogP contribution in [0.2, 0.25) is 0 Å². The average Bonchev–Trinajstić information content (AvgIpc) is 3.26. The first-order chi connectivity index (χ1) is 15.1. The van der Waals surface area contributed by atoms with E-state index in [0.717, 1.165) is 31.4 Å². The second-order valence-electron chi connectivity index (χ2n) is 10.1. The molecule has 1 fully saturated rings. The molecule has 1 aliphatic heterocycles. The molecule has 3 amide bonds. The van der Waals surface area contributed by atoms with Gasteiger partial charge in [0.05, 0.1) is 6.04 Å². The van der Waals surface area contributed by atoms with E-state index in [4.69, 9.17) is 0 Å². The van der Waals surface area contributed by atoms with E-state index < -0.39 is 23.5 Å². The topological polar surface area (TPSA) is 90.5 Å². The van der Waals surface area contributed by atoms with E-state index in [-0.39, 0.29) is 17.7 Å². The lowest BCUT2D eigenvalue weighted by Gasteiger charge is -2.36. The van der Waals surface area contributed by atoms with Crippen LogP contribution < -0.4 is 16.0 Å². The molecule has 0 radical (unpaired) electrons. The molecule has 0 spiro atoms. The van der Waals surface area contributed by atoms with E-state index in [1.54, 1.807) is 18.9 Å². The zero-order valence-electron chi connectivity index (χ0n) is 20.1. The number of fused-ring (bicyclic) bond motifs is 1. The molecule has 3 rings (SSSR count). The van der Waals surface area contributed by atoms with Crippen molar-refractivity contribution in [3.05, 3.63) is 29.3 Å². The molecule has 1 aromatic rings. The highest BCUT2D eigenvalue weighted by Gasteiger charge is 2.42. The van der Waals surface area contributed by atoms with Crippen LogP contribution in [0.3, 0.4) is 0 Å². The van der Waals surface area contributed by atoms with Gasteiger partial charge < -0.3 is 20.9 Å². The van der Waals surface area contributed by atoms with E-state index in [9.17, 15) is 14.4 Å². The van der Waals surface area contributed by atoms with Gasteiger partial charge in [-0.25, -0.2) is 0 Å². The van der Waals surface area contributed by atoms with Crippen LogP contribution in [0.4, 0.5) is 5.69 Å². The third-order valence-corrected chi connectivity index (χ3v) is 6.72. The molecule has 0 aromatic heterocycles. The number of benzene rings is 1. The summed E-state index contributed by atoms with van der Waals surface area (Å²) in [5, 5.41) is 8.93. The Balaban J connectivity index is 1.76. The second-order valence-corrected chi connectivity index (χ2v) is 10.1. The Kier molecular flexibility index (Phi) is 7.59. The number of likely N-dealkylation sites (tertiary alicyclic amines) is 1.